The Morgan fingerprint density at radius 3 is 2.24 bits per heavy atom. The van der Waals surface area contributed by atoms with Gasteiger partial charge < -0.3 is 9.15 Å². The molecule has 25 heavy (non-hydrogen) atoms. The first-order chi connectivity index (χ1) is 11.9. The standard InChI is InChI=1S/C17H10ClF3N2O2/c18-13-6-4-12(5-7-13)16-23-22-15(24-16)10-3-11-1-8-14(9-2-11)25-17(19,20)21/h1-10H/b10-3+. The Hall–Kier alpha value is -2.80. The van der Waals surface area contributed by atoms with Crippen molar-refractivity contribution < 1.29 is 22.3 Å². The minimum atomic E-state index is -4.71. The van der Waals surface area contributed by atoms with Crippen LogP contribution in [0.4, 0.5) is 13.2 Å². The van der Waals surface area contributed by atoms with Gasteiger partial charge in [-0.25, -0.2) is 0 Å². The van der Waals surface area contributed by atoms with Gasteiger partial charge in [0.2, 0.25) is 11.8 Å². The van der Waals surface area contributed by atoms with E-state index in [1.54, 1.807) is 36.4 Å². The second-order valence-corrected chi connectivity index (χ2v) is 5.34. The molecule has 4 nitrogen and oxygen atoms in total. The lowest BCUT2D eigenvalue weighted by atomic mass is 10.2. The van der Waals surface area contributed by atoms with Gasteiger partial charge in [-0.3, -0.25) is 0 Å². The fourth-order valence-electron chi connectivity index (χ4n) is 1.96. The molecule has 0 fully saturated rings. The molecule has 0 aliphatic heterocycles. The topological polar surface area (TPSA) is 48.2 Å². The summed E-state index contributed by atoms with van der Waals surface area (Å²) < 4.78 is 45.6. The zero-order valence-electron chi connectivity index (χ0n) is 12.5. The number of benzene rings is 2. The summed E-state index contributed by atoms with van der Waals surface area (Å²) in [6.07, 6.45) is -1.51. The molecular weight excluding hydrogens is 357 g/mol. The van der Waals surface area contributed by atoms with Gasteiger partial charge in [-0.2, -0.15) is 0 Å². The molecule has 1 aromatic heterocycles. The van der Waals surface area contributed by atoms with Crippen molar-refractivity contribution in [2.24, 2.45) is 0 Å². The summed E-state index contributed by atoms with van der Waals surface area (Å²) in [4.78, 5) is 0. The van der Waals surface area contributed by atoms with Crippen LogP contribution in [0.15, 0.2) is 52.9 Å². The van der Waals surface area contributed by atoms with Crippen LogP contribution in [-0.2, 0) is 0 Å². The fraction of sp³-hybridized carbons (Fsp3) is 0.0588. The first-order valence-corrected chi connectivity index (χ1v) is 7.40. The van der Waals surface area contributed by atoms with Crippen LogP contribution < -0.4 is 4.74 Å². The molecule has 0 spiro atoms. The molecule has 0 saturated heterocycles. The van der Waals surface area contributed by atoms with E-state index in [0.717, 1.165) is 5.56 Å². The lowest BCUT2D eigenvalue weighted by Crippen LogP contribution is -2.16. The van der Waals surface area contributed by atoms with E-state index in [2.05, 4.69) is 14.9 Å². The Morgan fingerprint density at radius 2 is 1.60 bits per heavy atom. The van der Waals surface area contributed by atoms with Gasteiger partial charge in [0.1, 0.15) is 5.75 Å². The van der Waals surface area contributed by atoms with Crippen molar-refractivity contribution >= 4 is 23.8 Å². The largest absolute Gasteiger partial charge is 0.573 e. The summed E-state index contributed by atoms with van der Waals surface area (Å²) in [5.41, 5.74) is 1.38. The predicted octanol–water partition coefficient (Wildman–Crippen LogP) is 5.46. The summed E-state index contributed by atoms with van der Waals surface area (Å²) in [6, 6.07) is 12.3. The normalized spacial score (nSPS) is 11.8. The van der Waals surface area contributed by atoms with Crippen molar-refractivity contribution in [3.63, 3.8) is 0 Å². The molecular formula is C17H10ClF3N2O2. The number of nitrogens with zero attached hydrogens (tertiary/aromatic N) is 2. The Labute approximate surface area is 145 Å². The number of halogens is 4. The van der Waals surface area contributed by atoms with E-state index in [9.17, 15) is 13.2 Å². The molecule has 3 aromatic rings. The van der Waals surface area contributed by atoms with Crippen LogP contribution in [0, 0.1) is 0 Å². The quantitative estimate of drug-likeness (QED) is 0.615. The maximum atomic E-state index is 12.1. The average molecular weight is 367 g/mol. The molecule has 0 amide bonds. The number of aromatic nitrogens is 2. The minimum Gasteiger partial charge on any atom is -0.417 e. The summed E-state index contributed by atoms with van der Waals surface area (Å²) in [7, 11) is 0. The summed E-state index contributed by atoms with van der Waals surface area (Å²) >= 11 is 5.82. The lowest BCUT2D eigenvalue weighted by Gasteiger charge is -2.08. The maximum absolute atomic E-state index is 12.1. The summed E-state index contributed by atoms with van der Waals surface area (Å²) in [5.74, 6) is 0.318. The zero-order chi connectivity index (χ0) is 17.9. The van der Waals surface area contributed by atoms with E-state index < -0.39 is 6.36 Å². The van der Waals surface area contributed by atoms with Crippen LogP contribution in [0.5, 0.6) is 5.75 Å². The van der Waals surface area contributed by atoms with Crippen molar-refractivity contribution in [3.05, 3.63) is 65.0 Å². The first-order valence-electron chi connectivity index (χ1n) is 7.02. The van der Waals surface area contributed by atoms with Gasteiger partial charge in [-0.15, -0.1) is 23.4 Å². The maximum Gasteiger partial charge on any atom is 0.573 e. The molecule has 0 aliphatic rings. The molecule has 0 bridgehead atoms. The molecule has 0 aliphatic carbocycles. The van der Waals surface area contributed by atoms with Gasteiger partial charge >= 0.3 is 6.36 Å². The molecule has 8 heteroatoms. The molecule has 2 aromatic carbocycles. The van der Waals surface area contributed by atoms with E-state index in [1.807, 2.05) is 0 Å². The highest BCUT2D eigenvalue weighted by Crippen LogP contribution is 2.24. The average Bonchev–Trinajstić information content (AvgIpc) is 3.02. The van der Waals surface area contributed by atoms with Crippen molar-refractivity contribution in [2.75, 3.05) is 0 Å². The number of ether oxygens (including phenoxy) is 1. The van der Waals surface area contributed by atoms with Crippen molar-refractivity contribution in [2.45, 2.75) is 6.36 Å². The van der Waals surface area contributed by atoms with Gasteiger partial charge in [-0.1, -0.05) is 23.7 Å². The van der Waals surface area contributed by atoms with Gasteiger partial charge in [0, 0.05) is 16.7 Å². The molecule has 128 valence electrons. The van der Waals surface area contributed by atoms with Gasteiger partial charge in [0.25, 0.3) is 0 Å². The summed E-state index contributed by atoms with van der Waals surface area (Å²) in [5, 5.41) is 8.41. The Kier molecular flexibility index (Phi) is 4.76. The Balaban J connectivity index is 1.69. The highest BCUT2D eigenvalue weighted by Gasteiger charge is 2.30. The van der Waals surface area contributed by atoms with Crippen LogP contribution >= 0.6 is 11.6 Å². The number of rotatable bonds is 4. The monoisotopic (exact) mass is 366 g/mol. The molecule has 0 saturated carbocycles. The Bertz CT molecular complexity index is 872. The number of alkyl halides is 3. The van der Waals surface area contributed by atoms with Gasteiger partial charge in [0.05, 0.1) is 0 Å². The second kappa shape index (κ2) is 6.98. The highest BCUT2D eigenvalue weighted by molar-refractivity contribution is 6.30. The van der Waals surface area contributed by atoms with E-state index in [1.165, 1.54) is 24.3 Å². The van der Waals surface area contributed by atoms with Gasteiger partial charge in [-0.05, 0) is 48.0 Å². The van der Waals surface area contributed by atoms with Gasteiger partial charge in [0.15, 0.2) is 0 Å². The molecule has 0 atom stereocenters. The molecule has 0 radical (unpaired) electrons. The fourth-order valence-corrected chi connectivity index (χ4v) is 2.09. The van der Waals surface area contributed by atoms with Crippen molar-refractivity contribution in [1.82, 2.24) is 10.2 Å². The zero-order valence-corrected chi connectivity index (χ0v) is 13.3. The van der Waals surface area contributed by atoms with Crippen LogP contribution in [0.25, 0.3) is 23.6 Å². The molecule has 3 rings (SSSR count). The van der Waals surface area contributed by atoms with Crippen LogP contribution in [-0.4, -0.2) is 16.6 Å². The van der Waals surface area contributed by atoms with E-state index in [4.69, 9.17) is 16.0 Å². The van der Waals surface area contributed by atoms with Crippen LogP contribution in [0.3, 0.4) is 0 Å². The lowest BCUT2D eigenvalue weighted by molar-refractivity contribution is -0.274. The van der Waals surface area contributed by atoms with Crippen molar-refractivity contribution in [3.8, 4) is 17.2 Å². The number of hydrogen-bond donors (Lipinski definition) is 0. The second-order valence-electron chi connectivity index (χ2n) is 4.90. The highest BCUT2D eigenvalue weighted by atomic mass is 35.5. The van der Waals surface area contributed by atoms with Crippen LogP contribution in [0.1, 0.15) is 11.5 Å². The minimum absolute atomic E-state index is 0.264. The predicted molar refractivity (Wildman–Crippen MR) is 86.8 cm³/mol. The molecule has 0 N–H and O–H groups in total. The number of hydrogen-bond acceptors (Lipinski definition) is 4. The third kappa shape index (κ3) is 4.84. The first kappa shape index (κ1) is 17.0. The summed E-state index contributed by atoms with van der Waals surface area (Å²) in [6.45, 7) is 0. The SMILES string of the molecule is FC(F)(F)Oc1ccc(/C=C/c2nnc(-c3ccc(Cl)cc3)o2)cc1. The van der Waals surface area contributed by atoms with Crippen molar-refractivity contribution in [1.29, 1.82) is 0 Å². The third-order valence-electron chi connectivity index (χ3n) is 3.06. The molecule has 1 heterocycles. The third-order valence-corrected chi connectivity index (χ3v) is 3.32. The Morgan fingerprint density at radius 1 is 0.920 bits per heavy atom. The smallest absolute Gasteiger partial charge is 0.417 e. The van der Waals surface area contributed by atoms with Crippen LogP contribution in [0.2, 0.25) is 5.02 Å². The van der Waals surface area contributed by atoms with E-state index >= 15 is 0 Å². The van der Waals surface area contributed by atoms with E-state index in [-0.39, 0.29) is 11.6 Å². The molecule has 0 unspecified atom stereocenters. The van der Waals surface area contributed by atoms with E-state index in [0.29, 0.717) is 16.5 Å².